The van der Waals surface area contributed by atoms with Crippen molar-refractivity contribution < 1.29 is 19.8 Å². The molecule has 0 aliphatic carbocycles. The fourth-order valence-electron chi connectivity index (χ4n) is 0.911. The summed E-state index contributed by atoms with van der Waals surface area (Å²) in [4.78, 5) is 21.4. The lowest BCUT2D eigenvalue weighted by Gasteiger charge is -2.23. The molecule has 1 atom stereocenters. The van der Waals surface area contributed by atoms with Crippen molar-refractivity contribution in [2.75, 3.05) is 13.6 Å². The summed E-state index contributed by atoms with van der Waals surface area (Å²) in [5, 5.41) is 23.0. The van der Waals surface area contributed by atoms with Gasteiger partial charge in [-0.2, -0.15) is 0 Å². The van der Waals surface area contributed by atoms with Crippen LogP contribution in [0.2, 0.25) is 0 Å². The Balaban J connectivity index is 4.45. The highest BCUT2D eigenvalue weighted by Gasteiger charge is 2.35. The van der Waals surface area contributed by atoms with Gasteiger partial charge >= 0.3 is 11.9 Å². The van der Waals surface area contributed by atoms with Crippen LogP contribution in [0.25, 0.3) is 0 Å². The van der Waals surface area contributed by atoms with Gasteiger partial charge in [-0.05, 0) is 19.1 Å². The molecule has 1 unspecified atom stereocenters. The average molecular weight is 234 g/mol. The third-order valence-electron chi connectivity index (χ3n) is 1.92. The molecule has 0 aromatic carbocycles. The highest BCUT2D eigenvalue weighted by molar-refractivity contribution is 7.80. The van der Waals surface area contributed by atoms with E-state index >= 15 is 0 Å². The molecule has 4 N–H and O–H groups in total. The molecule has 6 nitrogen and oxygen atoms in total. The van der Waals surface area contributed by atoms with Crippen LogP contribution in [0, 0.1) is 5.41 Å². The number of aliphatic carboxylic acids is 2. The van der Waals surface area contributed by atoms with Gasteiger partial charge in [0.25, 0.3) is 0 Å². The number of carboxylic acids is 2. The van der Waals surface area contributed by atoms with Gasteiger partial charge in [0.15, 0.2) is 5.11 Å². The first-order valence-electron chi connectivity index (χ1n) is 4.22. The van der Waals surface area contributed by atoms with Crippen molar-refractivity contribution in [3.8, 4) is 0 Å². The van der Waals surface area contributed by atoms with E-state index in [1.54, 1.807) is 7.05 Å². The molecule has 0 spiro atoms. The normalized spacial score (nSPS) is 13.7. The Labute approximate surface area is 92.7 Å². The molecule has 86 valence electrons. The minimum absolute atomic E-state index is 0.0334. The number of rotatable bonds is 5. The van der Waals surface area contributed by atoms with Crippen LogP contribution in [-0.2, 0) is 9.59 Å². The van der Waals surface area contributed by atoms with Gasteiger partial charge in [0.05, 0.1) is 11.8 Å². The Morgan fingerprint density at radius 3 is 2.27 bits per heavy atom. The van der Waals surface area contributed by atoms with Crippen LogP contribution in [0.1, 0.15) is 13.3 Å². The van der Waals surface area contributed by atoms with E-state index in [9.17, 15) is 9.59 Å². The van der Waals surface area contributed by atoms with Gasteiger partial charge in [-0.3, -0.25) is 9.59 Å². The number of thiocarbonyl (C=S) groups is 1. The minimum atomic E-state index is -1.37. The van der Waals surface area contributed by atoms with Gasteiger partial charge in [-0.1, -0.05) is 0 Å². The Hall–Kier alpha value is -1.37. The second kappa shape index (κ2) is 5.50. The number of hydrogen-bond donors (Lipinski definition) is 4. The molecule has 0 amide bonds. The van der Waals surface area contributed by atoms with E-state index in [0.29, 0.717) is 0 Å². The lowest BCUT2D eigenvalue weighted by molar-refractivity contribution is -0.154. The quantitative estimate of drug-likeness (QED) is 0.482. The molecule has 0 heterocycles. The lowest BCUT2D eigenvalue weighted by Crippen LogP contribution is -2.44. The molecule has 0 saturated heterocycles. The van der Waals surface area contributed by atoms with Crippen molar-refractivity contribution in [1.29, 1.82) is 0 Å². The molecule has 0 aromatic heterocycles. The number of hydrogen-bond acceptors (Lipinski definition) is 3. The lowest BCUT2D eigenvalue weighted by atomic mass is 9.87. The van der Waals surface area contributed by atoms with Gasteiger partial charge in [0.2, 0.25) is 0 Å². The van der Waals surface area contributed by atoms with E-state index in [4.69, 9.17) is 22.4 Å². The van der Waals surface area contributed by atoms with E-state index < -0.39 is 23.8 Å². The third-order valence-corrected chi connectivity index (χ3v) is 2.27. The van der Waals surface area contributed by atoms with Gasteiger partial charge in [-0.25, -0.2) is 0 Å². The Morgan fingerprint density at radius 2 is 1.93 bits per heavy atom. The fraction of sp³-hybridized carbons (Fsp3) is 0.625. The molecule has 0 fully saturated rings. The van der Waals surface area contributed by atoms with E-state index in [1.807, 2.05) is 0 Å². The van der Waals surface area contributed by atoms with Crippen LogP contribution in [0.5, 0.6) is 0 Å². The molecular formula is C8H14N2O4S. The van der Waals surface area contributed by atoms with Crippen molar-refractivity contribution in [3.63, 3.8) is 0 Å². The topological polar surface area (TPSA) is 98.7 Å². The van der Waals surface area contributed by atoms with Crippen molar-refractivity contribution in [3.05, 3.63) is 0 Å². The van der Waals surface area contributed by atoms with Gasteiger partial charge in [0, 0.05) is 13.6 Å². The molecule has 0 rings (SSSR count). The number of carboxylic acid groups (broad SMARTS) is 2. The summed E-state index contributed by atoms with van der Waals surface area (Å²) >= 11 is 4.76. The summed E-state index contributed by atoms with van der Waals surface area (Å²) in [6.07, 6.45) is -0.457. The molecule has 0 radical (unpaired) electrons. The summed E-state index contributed by atoms with van der Waals surface area (Å²) in [7, 11) is 1.59. The first-order valence-corrected chi connectivity index (χ1v) is 4.63. The third kappa shape index (κ3) is 4.59. The van der Waals surface area contributed by atoms with Crippen LogP contribution in [0.3, 0.4) is 0 Å². The average Bonchev–Trinajstić information content (AvgIpc) is 2.12. The predicted molar refractivity (Wildman–Crippen MR) is 57.7 cm³/mol. The maximum atomic E-state index is 10.9. The number of carbonyl (C=O) groups is 2. The molecule has 7 heteroatoms. The van der Waals surface area contributed by atoms with E-state index in [2.05, 4.69) is 10.6 Å². The van der Waals surface area contributed by atoms with E-state index in [-0.39, 0.29) is 11.7 Å². The SMILES string of the molecule is CNC(=S)NCC(C)(CC(=O)O)C(=O)O. The largest absolute Gasteiger partial charge is 0.481 e. The van der Waals surface area contributed by atoms with Crippen LogP contribution in [-0.4, -0.2) is 40.9 Å². The van der Waals surface area contributed by atoms with Crippen molar-refractivity contribution in [2.45, 2.75) is 13.3 Å². The Morgan fingerprint density at radius 1 is 1.40 bits per heavy atom. The number of nitrogens with one attached hydrogen (secondary N) is 2. The van der Waals surface area contributed by atoms with Gasteiger partial charge in [0.1, 0.15) is 0 Å². The Kier molecular flexibility index (Phi) is 4.99. The molecule has 0 aliphatic heterocycles. The summed E-state index contributed by atoms with van der Waals surface area (Å²) in [6.45, 7) is 1.32. The summed E-state index contributed by atoms with van der Waals surface area (Å²) in [6, 6.07) is 0. The van der Waals surface area contributed by atoms with E-state index in [0.717, 1.165) is 0 Å². The zero-order valence-corrected chi connectivity index (χ0v) is 9.35. The first-order chi connectivity index (χ1) is 6.81. The van der Waals surface area contributed by atoms with Crippen molar-refractivity contribution >= 4 is 29.3 Å². The molecular weight excluding hydrogens is 220 g/mol. The van der Waals surface area contributed by atoms with Crippen LogP contribution in [0.15, 0.2) is 0 Å². The monoisotopic (exact) mass is 234 g/mol. The second-order valence-electron chi connectivity index (χ2n) is 3.37. The summed E-state index contributed by atoms with van der Waals surface area (Å²) in [5.74, 6) is -2.33. The van der Waals surface area contributed by atoms with Crippen LogP contribution < -0.4 is 10.6 Å². The molecule has 0 saturated carbocycles. The van der Waals surface area contributed by atoms with Gasteiger partial charge in [-0.15, -0.1) is 0 Å². The predicted octanol–water partition coefficient (Wildman–Crippen LogP) is -0.354. The standard InChI is InChI=1S/C8H14N2O4S/c1-8(6(13)14,3-5(11)12)4-10-7(15)9-2/h3-4H2,1-2H3,(H,11,12)(H,13,14)(H2,9,10,15). The first kappa shape index (κ1) is 13.6. The Bertz CT molecular complexity index is 282. The second-order valence-corrected chi connectivity index (χ2v) is 3.78. The molecule has 0 aliphatic rings. The zero-order chi connectivity index (χ0) is 12.1. The molecule has 15 heavy (non-hydrogen) atoms. The van der Waals surface area contributed by atoms with Crippen molar-refractivity contribution in [2.24, 2.45) is 5.41 Å². The van der Waals surface area contributed by atoms with E-state index in [1.165, 1.54) is 6.92 Å². The maximum Gasteiger partial charge on any atom is 0.311 e. The fourth-order valence-corrected chi connectivity index (χ4v) is 0.983. The van der Waals surface area contributed by atoms with Gasteiger partial charge < -0.3 is 20.8 Å². The summed E-state index contributed by atoms with van der Waals surface area (Å²) < 4.78 is 0. The minimum Gasteiger partial charge on any atom is -0.481 e. The zero-order valence-electron chi connectivity index (χ0n) is 8.53. The van der Waals surface area contributed by atoms with Crippen LogP contribution >= 0.6 is 12.2 Å². The maximum absolute atomic E-state index is 10.9. The molecule has 0 bridgehead atoms. The highest BCUT2D eigenvalue weighted by atomic mass is 32.1. The summed E-state index contributed by atoms with van der Waals surface area (Å²) in [5.41, 5.74) is -1.37. The highest BCUT2D eigenvalue weighted by Crippen LogP contribution is 2.20. The van der Waals surface area contributed by atoms with Crippen molar-refractivity contribution in [1.82, 2.24) is 10.6 Å². The molecule has 0 aromatic rings. The van der Waals surface area contributed by atoms with Crippen LogP contribution in [0.4, 0.5) is 0 Å². The smallest absolute Gasteiger partial charge is 0.311 e.